The van der Waals surface area contributed by atoms with E-state index in [9.17, 15) is 57.8 Å². The molecule has 2 aromatic rings. The van der Waals surface area contributed by atoms with Crippen molar-refractivity contribution in [1.82, 2.24) is 51.1 Å². The third-order valence-corrected chi connectivity index (χ3v) is 23.0. The van der Waals surface area contributed by atoms with Crippen LogP contribution in [0, 0.1) is 29.6 Å². The Bertz CT molecular complexity index is 3700. The molecule has 3 aliphatic rings. The summed E-state index contributed by atoms with van der Waals surface area (Å²) in [6.07, 6.45) is 1.34. The van der Waals surface area contributed by atoms with E-state index in [1.165, 1.54) is 21.3 Å². The lowest BCUT2D eigenvalue weighted by Crippen LogP contribution is -2.78. The lowest BCUT2D eigenvalue weighted by molar-refractivity contribution is -0.164. The van der Waals surface area contributed by atoms with Gasteiger partial charge in [0.25, 0.3) is 11.8 Å². The van der Waals surface area contributed by atoms with Gasteiger partial charge in [-0.2, -0.15) is 0 Å². The highest BCUT2D eigenvalue weighted by Gasteiger charge is 2.58. The molecule has 39 nitrogen and oxygen atoms in total. The molecule has 131 heavy (non-hydrogen) atoms. The summed E-state index contributed by atoms with van der Waals surface area (Å²) in [5.74, 6) is -7.56. The Morgan fingerprint density at radius 3 is 1.51 bits per heavy atom. The van der Waals surface area contributed by atoms with Gasteiger partial charge in [-0.15, -0.1) is 0 Å². The van der Waals surface area contributed by atoms with Gasteiger partial charge in [0, 0.05) is 92.6 Å². The molecule has 0 unspecified atom stereocenters. The monoisotopic (exact) mass is 1860 g/mol. The van der Waals surface area contributed by atoms with E-state index in [1.54, 1.807) is 116 Å². The summed E-state index contributed by atoms with van der Waals surface area (Å²) in [4.78, 5) is 160. The standard InChI is InChI=1S/C92H152N12O27/c1-16-66(8)81(74(118-14)59-77(107)103-35-21-26-73(103)83(119-15)67(9)84(109)95-68(10)82(108)70-23-18-17-19-24-70)100(11)88(113)79(64(4)5)98-87(112)80(65(6)7)101(12)91(116)131-60-69-27-29-71(30-28-69)96-85(110)72(25-20-33-94-90(93)115)97-86(111)78(63(2)3)99-89(114)92(104-75(105)31-32-76(104)106)61-102(62-92)34-22-36-120-39-40-122-43-44-124-47-48-126-51-52-128-55-56-130-58-57-129-54-53-127-50-49-125-46-45-123-42-41-121-38-37-117-13/h17-19,23-24,27-32,63-68,72-74,78-83,108H,16,20-22,25-26,33-62H2,1-15H3,(H,95,109)(H,96,110)(H,97,111)(H,98,112)(H,99,114)(H3,93,94,115)/t66-,67+,68+,72-,73-,74+,78-,79-,80-,81-,82+,83+/m0/s1. The number of methoxy groups -OCH3 is 3. The number of benzene rings is 2. The molecule has 742 valence electrons. The van der Waals surface area contributed by atoms with Crippen LogP contribution in [0.2, 0.25) is 0 Å². The highest BCUT2D eigenvalue weighted by atomic mass is 16.6. The van der Waals surface area contributed by atoms with Crippen molar-refractivity contribution in [3.63, 3.8) is 0 Å². The first-order chi connectivity index (χ1) is 62.9. The average Bonchev–Trinajstić information content (AvgIpc) is 1.71. The summed E-state index contributed by atoms with van der Waals surface area (Å²) in [6, 6.07) is 8.09. The van der Waals surface area contributed by atoms with Crippen LogP contribution in [0.5, 0.6) is 0 Å². The van der Waals surface area contributed by atoms with Crippen LogP contribution in [0.15, 0.2) is 66.7 Å². The molecule has 3 aliphatic heterocycles. The molecule has 2 fully saturated rings. The lowest BCUT2D eigenvalue weighted by Gasteiger charge is -2.52. The van der Waals surface area contributed by atoms with E-state index in [1.807, 2.05) is 36.9 Å². The number of ether oxygens (including phenoxy) is 15. The van der Waals surface area contributed by atoms with Gasteiger partial charge in [0.05, 0.1) is 194 Å². The second-order valence-electron chi connectivity index (χ2n) is 33.9. The van der Waals surface area contributed by atoms with Gasteiger partial charge in [-0.05, 0) is 86.0 Å². The van der Waals surface area contributed by atoms with E-state index in [-0.39, 0.29) is 68.9 Å². The predicted octanol–water partition coefficient (Wildman–Crippen LogP) is 3.79. The maximum Gasteiger partial charge on any atom is 0.410 e. The topological polar surface area (TPSA) is 461 Å². The normalized spacial score (nSPS) is 17.0. The van der Waals surface area contributed by atoms with E-state index in [2.05, 4.69) is 31.9 Å². The van der Waals surface area contributed by atoms with Gasteiger partial charge in [-0.3, -0.25) is 57.9 Å². The van der Waals surface area contributed by atoms with E-state index in [0.29, 0.717) is 202 Å². The molecule has 2 aromatic carbocycles. The highest BCUT2D eigenvalue weighted by Crippen LogP contribution is 2.34. The molecule has 5 rings (SSSR count). The summed E-state index contributed by atoms with van der Waals surface area (Å²) in [7, 11) is 7.68. The Morgan fingerprint density at radius 1 is 0.557 bits per heavy atom. The van der Waals surface area contributed by atoms with Crippen molar-refractivity contribution < 1.29 is 129 Å². The van der Waals surface area contributed by atoms with Crippen LogP contribution < -0.4 is 37.6 Å². The number of anilines is 1. The number of primary amides is 1. The van der Waals surface area contributed by atoms with Gasteiger partial charge in [-0.1, -0.05) is 111 Å². The number of nitrogens with two attached hydrogens (primary N) is 1. The van der Waals surface area contributed by atoms with Crippen LogP contribution in [-0.2, 0) is 121 Å². The predicted molar refractivity (Wildman–Crippen MR) is 485 cm³/mol. The Kier molecular flexibility index (Phi) is 54.3. The molecular formula is C92H152N12O27. The van der Waals surface area contributed by atoms with Crippen molar-refractivity contribution >= 4 is 71.0 Å². The van der Waals surface area contributed by atoms with Gasteiger partial charge in [0.2, 0.25) is 41.4 Å². The number of nitrogens with zero attached hydrogens (tertiary/aromatic N) is 5. The van der Waals surface area contributed by atoms with Gasteiger partial charge in [0.15, 0.2) is 5.54 Å². The SMILES string of the molecule is CC[C@H](C)[C@@H]([C@@H](CC(=O)N1CCC[C@H]1[C@H](OC)[C@@H](C)C(=O)N[C@H](C)[C@@H](O)c1ccccc1)OC)N(C)C(=O)[C@@H](NC(=O)[C@H](C(C)C)N(C)C(=O)OCc1ccc(NC(=O)[C@H](CCCNC(N)=O)NC(=O)[C@@H](NC(=O)C2(N3C(=O)C=CC3=O)CN(CCCOCCOCCOCCOCCOCCOCCOCCOCCOCCOCCOCCOC)C2)C(C)C)cc1)C(C)C. The first kappa shape index (κ1) is 113. The van der Waals surface area contributed by atoms with Crippen molar-refractivity contribution in [1.29, 1.82) is 0 Å². The fourth-order valence-electron chi connectivity index (χ4n) is 15.6. The molecule has 0 aromatic heterocycles. The zero-order valence-corrected chi connectivity index (χ0v) is 79.8. The van der Waals surface area contributed by atoms with Gasteiger partial charge < -0.3 is 124 Å². The van der Waals surface area contributed by atoms with E-state index in [4.69, 9.17) is 76.8 Å². The fraction of sp³-hybridized carbons (Fsp3) is 0.728. The first-order valence-electron chi connectivity index (χ1n) is 45.9. The van der Waals surface area contributed by atoms with E-state index in [0.717, 1.165) is 22.0 Å². The minimum absolute atomic E-state index is 0.00725. The number of likely N-dealkylation sites (N-methyl/N-ethyl adjacent to an activating group) is 2. The third-order valence-electron chi connectivity index (χ3n) is 23.0. The Balaban J connectivity index is 1.03. The summed E-state index contributed by atoms with van der Waals surface area (Å²) >= 11 is 0. The number of urea groups is 1. The van der Waals surface area contributed by atoms with E-state index >= 15 is 0 Å². The third kappa shape index (κ3) is 39.2. The molecule has 3 heterocycles. The number of carbonyl (C=O) groups excluding carboxylic acids is 11. The molecule has 9 N–H and O–H groups in total. The number of hydrogen-bond acceptors (Lipinski definition) is 28. The summed E-state index contributed by atoms with van der Waals surface area (Å²) < 4.78 is 83.7. The fourth-order valence-corrected chi connectivity index (χ4v) is 15.6. The largest absolute Gasteiger partial charge is 0.445 e. The van der Waals surface area contributed by atoms with Gasteiger partial charge >= 0.3 is 12.1 Å². The Hall–Kier alpha value is -8.49. The number of aliphatic hydroxyl groups is 1. The summed E-state index contributed by atoms with van der Waals surface area (Å²) in [5, 5.41) is 27.7. The van der Waals surface area contributed by atoms with Gasteiger partial charge in [-0.25, -0.2) is 9.59 Å². The van der Waals surface area contributed by atoms with Crippen LogP contribution >= 0.6 is 0 Å². The number of nitrogens with one attached hydrogen (secondary N) is 6. The quantitative estimate of drug-likeness (QED) is 0.0345. The number of likely N-dealkylation sites (tertiary alicyclic amines) is 2. The number of amides is 12. The van der Waals surface area contributed by atoms with Crippen molar-refractivity contribution in [3.8, 4) is 0 Å². The van der Waals surface area contributed by atoms with Crippen LogP contribution in [0.3, 0.4) is 0 Å². The number of rotatable bonds is 71. The van der Waals surface area contributed by atoms with Crippen molar-refractivity contribution in [2.45, 2.75) is 187 Å². The lowest BCUT2D eigenvalue weighted by atomic mass is 9.85. The van der Waals surface area contributed by atoms with Crippen LogP contribution in [0.1, 0.15) is 131 Å². The molecule has 0 radical (unpaired) electrons. The van der Waals surface area contributed by atoms with Crippen LogP contribution in [0.4, 0.5) is 15.3 Å². The van der Waals surface area contributed by atoms with Crippen LogP contribution in [0.25, 0.3) is 0 Å². The van der Waals surface area contributed by atoms with Crippen molar-refractivity contribution in [2.75, 3.05) is 225 Å². The summed E-state index contributed by atoms with van der Waals surface area (Å²) in [6.45, 7) is 28.5. The molecule has 0 aliphatic carbocycles. The Morgan fingerprint density at radius 2 is 1.05 bits per heavy atom. The highest BCUT2D eigenvalue weighted by molar-refractivity contribution is 6.16. The molecule has 0 spiro atoms. The van der Waals surface area contributed by atoms with Crippen molar-refractivity contribution in [3.05, 3.63) is 77.9 Å². The first-order valence-corrected chi connectivity index (χ1v) is 45.9. The number of aliphatic hydroxyl groups excluding tert-OH is 1. The number of imide groups is 1. The van der Waals surface area contributed by atoms with E-state index < -0.39 is 143 Å². The molecular weight excluding hydrogens is 1710 g/mol. The molecule has 0 bridgehead atoms. The minimum Gasteiger partial charge on any atom is -0.445 e. The molecule has 39 heteroatoms. The molecule has 0 saturated carbocycles. The molecule has 12 atom stereocenters. The molecule has 12 amide bonds. The number of hydrogen-bond donors (Lipinski definition) is 8. The minimum atomic E-state index is -1.67. The summed E-state index contributed by atoms with van der Waals surface area (Å²) in [5.41, 5.74) is 5.09. The second-order valence-corrected chi connectivity index (χ2v) is 33.9. The molecule has 2 saturated heterocycles. The van der Waals surface area contributed by atoms with Gasteiger partial charge in [0.1, 0.15) is 30.8 Å². The van der Waals surface area contributed by atoms with Crippen molar-refractivity contribution in [2.24, 2.45) is 35.3 Å². The second kappa shape index (κ2) is 62.9. The number of carbonyl (C=O) groups is 11. The maximum absolute atomic E-state index is 14.9. The maximum atomic E-state index is 14.9. The zero-order valence-electron chi connectivity index (χ0n) is 79.8. The Labute approximate surface area is 773 Å². The van der Waals surface area contributed by atoms with Crippen LogP contribution in [-0.4, -0.2) is 375 Å². The average molecular weight is 1860 g/mol. The zero-order chi connectivity index (χ0) is 96.2. The smallest absolute Gasteiger partial charge is 0.410 e.